The molecule has 0 radical (unpaired) electrons. The molecule has 0 fully saturated rings. The molecule has 1 atom stereocenters. The predicted octanol–water partition coefficient (Wildman–Crippen LogP) is 5.07. The lowest BCUT2D eigenvalue weighted by Crippen LogP contribution is -2.46. The molecule has 36 heavy (non-hydrogen) atoms. The van der Waals surface area contributed by atoms with Crippen LogP contribution in [0.25, 0.3) is 17.0 Å². The van der Waals surface area contributed by atoms with Crippen LogP contribution < -0.4 is 14.8 Å². The Morgan fingerprint density at radius 3 is 2.28 bits per heavy atom. The van der Waals surface area contributed by atoms with E-state index >= 15 is 0 Å². The van der Waals surface area contributed by atoms with Gasteiger partial charge in [0.1, 0.15) is 11.5 Å². The standard InChI is InChI=1S/C27H32N4O5/c1-17(2)35-16-6-15-31-18(3)23(24(28-27(31)32)19-7-11-21(33-4)12-8-19)26-29-25(30-36-26)20-9-13-22(34-5)14-10-20/h7-14,17,24H,6,15-16H2,1-5H3,(H,28,32). The Morgan fingerprint density at radius 1 is 1.03 bits per heavy atom. The van der Waals surface area contributed by atoms with E-state index in [1.807, 2.05) is 69.3 Å². The first kappa shape index (κ1) is 25.2. The number of urea groups is 1. The van der Waals surface area contributed by atoms with Crippen molar-refractivity contribution < 1.29 is 23.5 Å². The number of benzene rings is 2. The van der Waals surface area contributed by atoms with E-state index in [9.17, 15) is 4.79 Å². The molecule has 4 rings (SSSR count). The number of nitrogens with zero attached hydrogens (tertiary/aromatic N) is 3. The molecule has 3 aromatic rings. The van der Waals surface area contributed by atoms with Crippen molar-refractivity contribution in [1.29, 1.82) is 0 Å². The molecule has 1 aromatic heterocycles. The van der Waals surface area contributed by atoms with Crippen LogP contribution in [0, 0.1) is 0 Å². The summed E-state index contributed by atoms with van der Waals surface area (Å²) in [4.78, 5) is 19.5. The van der Waals surface area contributed by atoms with Gasteiger partial charge in [-0.2, -0.15) is 4.98 Å². The fourth-order valence-corrected chi connectivity index (χ4v) is 4.11. The number of ether oxygens (including phenoxy) is 3. The van der Waals surface area contributed by atoms with Gasteiger partial charge < -0.3 is 24.1 Å². The van der Waals surface area contributed by atoms with Crippen LogP contribution in [0.5, 0.6) is 11.5 Å². The number of methoxy groups -OCH3 is 2. The van der Waals surface area contributed by atoms with Gasteiger partial charge in [0, 0.05) is 24.4 Å². The number of carbonyl (C=O) groups excluding carboxylic acids is 1. The molecule has 2 heterocycles. The molecule has 1 aliphatic heterocycles. The van der Waals surface area contributed by atoms with Crippen LogP contribution in [-0.2, 0) is 4.74 Å². The quantitative estimate of drug-likeness (QED) is 0.395. The van der Waals surface area contributed by atoms with Gasteiger partial charge in [-0.15, -0.1) is 0 Å². The molecule has 1 unspecified atom stereocenters. The van der Waals surface area contributed by atoms with Gasteiger partial charge >= 0.3 is 6.03 Å². The van der Waals surface area contributed by atoms with Gasteiger partial charge in [-0.05, 0) is 69.2 Å². The summed E-state index contributed by atoms with van der Waals surface area (Å²) in [6.07, 6.45) is 0.839. The Hall–Kier alpha value is -3.85. The van der Waals surface area contributed by atoms with Gasteiger partial charge in [0.15, 0.2) is 0 Å². The summed E-state index contributed by atoms with van der Waals surface area (Å²) in [6.45, 7) is 6.96. The molecule has 9 nitrogen and oxygen atoms in total. The van der Waals surface area contributed by atoms with E-state index in [2.05, 4.69) is 10.5 Å². The minimum atomic E-state index is -0.462. The van der Waals surface area contributed by atoms with Crippen LogP contribution in [0.4, 0.5) is 4.79 Å². The van der Waals surface area contributed by atoms with Gasteiger partial charge in [0.05, 0.1) is 31.9 Å². The number of allylic oxidation sites excluding steroid dienone is 1. The van der Waals surface area contributed by atoms with Gasteiger partial charge in [-0.1, -0.05) is 17.3 Å². The van der Waals surface area contributed by atoms with Crippen molar-refractivity contribution in [1.82, 2.24) is 20.4 Å². The van der Waals surface area contributed by atoms with Crippen LogP contribution in [0.3, 0.4) is 0 Å². The lowest BCUT2D eigenvalue weighted by atomic mass is 9.94. The fourth-order valence-electron chi connectivity index (χ4n) is 4.11. The summed E-state index contributed by atoms with van der Waals surface area (Å²) >= 11 is 0. The number of aromatic nitrogens is 2. The van der Waals surface area contributed by atoms with E-state index in [0.717, 1.165) is 33.9 Å². The Labute approximate surface area is 211 Å². The summed E-state index contributed by atoms with van der Waals surface area (Å²) in [5.41, 5.74) is 3.18. The Bertz CT molecular complexity index is 1200. The first-order valence-electron chi connectivity index (χ1n) is 11.9. The smallest absolute Gasteiger partial charge is 0.322 e. The molecule has 0 saturated carbocycles. The second kappa shape index (κ2) is 11.3. The summed E-state index contributed by atoms with van der Waals surface area (Å²) in [5, 5.41) is 7.33. The highest BCUT2D eigenvalue weighted by Crippen LogP contribution is 2.38. The molecule has 0 aliphatic carbocycles. The van der Waals surface area contributed by atoms with Gasteiger partial charge in [0.25, 0.3) is 5.89 Å². The maximum absolute atomic E-state index is 13.1. The molecule has 2 amide bonds. The number of hydrogen-bond acceptors (Lipinski definition) is 7. The van der Waals surface area contributed by atoms with Crippen molar-refractivity contribution in [2.75, 3.05) is 27.4 Å². The zero-order chi connectivity index (χ0) is 25.7. The number of amides is 2. The number of nitrogens with one attached hydrogen (secondary N) is 1. The zero-order valence-electron chi connectivity index (χ0n) is 21.3. The Balaban J connectivity index is 1.69. The third-order valence-electron chi connectivity index (χ3n) is 6.03. The first-order valence-corrected chi connectivity index (χ1v) is 11.9. The van der Waals surface area contributed by atoms with Gasteiger partial charge in [0.2, 0.25) is 5.82 Å². The second-order valence-corrected chi connectivity index (χ2v) is 8.73. The van der Waals surface area contributed by atoms with Crippen molar-refractivity contribution >= 4 is 11.6 Å². The molecule has 0 spiro atoms. The highest BCUT2D eigenvalue weighted by atomic mass is 16.5. The Kier molecular flexibility index (Phi) is 7.90. The van der Waals surface area contributed by atoms with E-state index in [1.54, 1.807) is 19.1 Å². The average Bonchev–Trinajstić information content (AvgIpc) is 3.37. The van der Waals surface area contributed by atoms with Crippen molar-refractivity contribution in [2.24, 2.45) is 0 Å². The molecule has 190 valence electrons. The number of hydrogen-bond donors (Lipinski definition) is 1. The molecule has 0 saturated heterocycles. The van der Waals surface area contributed by atoms with Crippen LogP contribution in [0.15, 0.2) is 58.8 Å². The molecular formula is C27H32N4O5. The van der Waals surface area contributed by atoms with Crippen molar-refractivity contribution in [3.63, 3.8) is 0 Å². The van der Waals surface area contributed by atoms with E-state index < -0.39 is 6.04 Å². The number of rotatable bonds is 10. The van der Waals surface area contributed by atoms with Crippen molar-refractivity contribution in [3.05, 3.63) is 65.7 Å². The number of carbonyl (C=O) groups is 1. The molecule has 1 N–H and O–H groups in total. The van der Waals surface area contributed by atoms with E-state index in [1.165, 1.54) is 0 Å². The normalized spacial score (nSPS) is 15.9. The van der Waals surface area contributed by atoms with Crippen LogP contribution in [0.1, 0.15) is 44.7 Å². The van der Waals surface area contributed by atoms with E-state index in [4.69, 9.17) is 23.7 Å². The monoisotopic (exact) mass is 492 g/mol. The third-order valence-corrected chi connectivity index (χ3v) is 6.03. The minimum absolute atomic E-state index is 0.140. The maximum atomic E-state index is 13.1. The molecule has 9 heteroatoms. The van der Waals surface area contributed by atoms with E-state index in [-0.39, 0.29) is 12.1 Å². The van der Waals surface area contributed by atoms with Crippen LogP contribution >= 0.6 is 0 Å². The van der Waals surface area contributed by atoms with Crippen LogP contribution in [-0.4, -0.2) is 54.5 Å². The topological polar surface area (TPSA) is 99.0 Å². The fraction of sp³-hybridized carbons (Fsp3) is 0.370. The van der Waals surface area contributed by atoms with Crippen molar-refractivity contribution in [3.8, 4) is 22.9 Å². The minimum Gasteiger partial charge on any atom is -0.497 e. The molecule has 2 aromatic carbocycles. The SMILES string of the molecule is COc1ccc(-c2noc(C3=C(C)N(CCCOC(C)C)C(=O)NC3c3ccc(OC)cc3)n2)cc1. The van der Waals surface area contributed by atoms with Crippen LogP contribution in [0.2, 0.25) is 0 Å². The Morgan fingerprint density at radius 2 is 1.67 bits per heavy atom. The highest BCUT2D eigenvalue weighted by Gasteiger charge is 2.35. The molecule has 0 bridgehead atoms. The second-order valence-electron chi connectivity index (χ2n) is 8.73. The third kappa shape index (κ3) is 5.52. The largest absolute Gasteiger partial charge is 0.497 e. The maximum Gasteiger partial charge on any atom is 0.322 e. The highest BCUT2D eigenvalue weighted by molar-refractivity contribution is 5.86. The average molecular weight is 493 g/mol. The van der Waals surface area contributed by atoms with Gasteiger partial charge in [-0.3, -0.25) is 4.90 Å². The predicted molar refractivity (Wildman–Crippen MR) is 136 cm³/mol. The van der Waals surface area contributed by atoms with Crippen molar-refractivity contribution in [2.45, 2.75) is 39.3 Å². The summed E-state index contributed by atoms with van der Waals surface area (Å²) < 4.78 is 21.9. The molecule has 1 aliphatic rings. The lowest BCUT2D eigenvalue weighted by Gasteiger charge is -2.35. The summed E-state index contributed by atoms with van der Waals surface area (Å²) in [7, 11) is 3.24. The zero-order valence-corrected chi connectivity index (χ0v) is 21.3. The molecular weight excluding hydrogens is 460 g/mol. The summed E-state index contributed by atoms with van der Waals surface area (Å²) in [5.74, 6) is 2.28. The summed E-state index contributed by atoms with van der Waals surface area (Å²) in [6, 6.07) is 14.4. The van der Waals surface area contributed by atoms with E-state index in [0.29, 0.717) is 31.3 Å². The van der Waals surface area contributed by atoms with Gasteiger partial charge in [-0.25, -0.2) is 4.79 Å². The first-order chi connectivity index (χ1) is 17.4. The lowest BCUT2D eigenvalue weighted by molar-refractivity contribution is 0.0736.